The lowest BCUT2D eigenvalue weighted by Crippen LogP contribution is -2.20. The van der Waals surface area contributed by atoms with Gasteiger partial charge in [-0.2, -0.15) is 13.2 Å². The van der Waals surface area contributed by atoms with E-state index in [0.29, 0.717) is 12.1 Å². The highest BCUT2D eigenvalue weighted by Crippen LogP contribution is 2.20. The second-order valence-electron chi connectivity index (χ2n) is 3.40. The topological polar surface area (TPSA) is 34.2 Å². The van der Waals surface area contributed by atoms with E-state index >= 15 is 0 Å². The van der Waals surface area contributed by atoms with Gasteiger partial charge in [0.05, 0.1) is 0 Å². The van der Waals surface area contributed by atoms with Crippen LogP contribution in [0.4, 0.5) is 13.2 Å². The van der Waals surface area contributed by atoms with Crippen LogP contribution in [0.1, 0.15) is 11.1 Å². The van der Waals surface area contributed by atoms with Crippen LogP contribution in [0, 0.1) is 6.92 Å². The zero-order chi connectivity index (χ0) is 12.2. The van der Waals surface area contributed by atoms with Crippen LogP contribution in [-0.4, -0.2) is 24.8 Å². The summed E-state index contributed by atoms with van der Waals surface area (Å²) in [5.41, 5.74) is 1.50. The van der Waals surface area contributed by atoms with Crippen LogP contribution in [0.3, 0.4) is 0 Å². The van der Waals surface area contributed by atoms with Crippen molar-refractivity contribution in [1.29, 1.82) is 0 Å². The minimum absolute atomic E-state index is 0.0252. The van der Waals surface area contributed by atoms with Crippen LogP contribution in [0.25, 0.3) is 0 Å². The van der Waals surface area contributed by atoms with Gasteiger partial charge in [0.2, 0.25) is 5.88 Å². The van der Waals surface area contributed by atoms with Crippen molar-refractivity contribution in [3.63, 3.8) is 0 Å². The van der Waals surface area contributed by atoms with Gasteiger partial charge in [-0.05, 0) is 25.6 Å². The Morgan fingerprint density at radius 2 is 2.12 bits per heavy atom. The molecule has 0 atom stereocenters. The number of rotatable bonds is 4. The zero-order valence-electron chi connectivity index (χ0n) is 9.06. The molecule has 0 spiro atoms. The monoisotopic (exact) mass is 234 g/mol. The van der Waals surface area contributed by atoms with Crippen molar-refractivity contribution >= 4 is 0 Å². The van der Waals surface area contributed by atoms with Crippen molar-refractivity contribution in [3.8, 4) is 5.88 Å². The smallest absolute Gasteiger partial charge is 0.422 e. The number of ether oxygens (including phenoxy) is 1. The van der Waals surface area contributed by atoms with Crippen molar-refractivity contribution in [2.24, 2.45) is 0 Å². The Hall–Kier alpha value is -1.30. The molecular weight excluding hydrogens is 221 g/mol. The summed E-state index contributed by atoms with van der Waals surface area (Å²) < 4.78 is 40.3. The van der Waals surface area contributed by atoms with Gasteiger partial charge in [0, 0.05) is 18.3 Å². The van der Waals surface area contributed by atoms with Crippen molar-refractivity contribution in [2.45, 2.75) is 19.6 Å². The summed E-state index contributed by atoms with van der Waals surface area (Å²) in [4.78, 5) is 3.84. The third-order valence-electron chi connectivity index (χ3n) is 1.84. The standard InChI is InChI=1S/C10H13F3N2O/c1-7-3-8(4-14-2)5-15-9(7)16-6-10(11,12)13/h3,5,14H,4,6H2,1-2H3. The molecule has 3 nitrogen and oxygen atoms in total. The zero-order valence-corrected chi connectivity index (χ0v) is 9.06. The highest BCUT2D eigenvalue weighted by molar-refractivity contribution is 5.28. The number of nitrogens with zero attached hydrogens (tertiary/aromatic N) is 1. The summed E-state index contributed by atoms with van der Waals surface area (Å²) in [5.74, 6) is 0.0252. The molecule has 6 heteroatoms. The average Bonchev–Trinajstić information content (AvgIpc) is 2.15. The van der Waals surface area contributed by atoms with E-state index in [2.05, 4.69) is 15.0 Å². The average molecular weight is 234 g/mol. The molecule has 1 rings (SSSR count). The molecule has 0 amide bonds. The Kier molecular flexibility index (Phi) is 4.12. The first-order valence-corrected chi connectivity index (χ1v) is 4.72. The first-order valence-electron chi connectivity index (χ1n) is 4.72. The van der Waals surface area contributed by atoms with Crippen LogP contribution in [0.2, 0.25) is 0 Å². The number of alkyl halides is 3. The molecule has 1 aromatic rings. The highest BCUT2D eigenvalue weighted by atomic mass is 19.4. The number of pyridine rings is 1. The minimum Gasteiger partial charge on any atom is -0.468 e. The van der Waals surface area contributed by atoms with E-state index in [9.17, 15) is 13.2 Å². The molecule has 0 aliphatic heterocycles. The number of hydrogen-bond acceptors (Lipinski definition) is 3. The van der Waals surface area contributed by atoms with Gasteiger partial charge in [-0.25, -0.2) is 4.98 Å². The van der Waals surface area contributed by atoms with Gasteiger partial charge in [-0.1, -0.05) is 0 Å². The van der Waals surface area contributed by atoms with Gasteiger partial charge in [-0.3, -0.25) is 0 Å². The molecule has 0 unspecified atom stereocenters. The van der Waals surface area contributed by atoms with Crippen LogP contribution < -0.4 is 10.1 Å². The molecule has 1 N–H and O–H groups in total. The van der Waals surface area contributed by atoms with Gasteiger partial charge < -0.3 is 10.1 Å². The summed E-state index contributed by atoms with van der Waals surface area (Å²) in [5, 5.41) is 2.93. The summed E-state index contributed by atoms with van der Waals surface area (Å²) in [6, 6.07) is 1.75. The maximum absolute atomic E-state index is 11.9. The van der Waals surface area contributed by atoms with Crippen molar-refractivity contribution < 1.29 is 17.9 Å². The fourth-order valence-corrected chi connectivity index (χ4v) is 1.22. The Morgan fingerprint density at radius 3 is 2.62 bits per heavy atom. The molecule has 0 saturated carbocycles. The Morgan fingerprint density at radius 1 is 1.44 bits per heavy atom. The summed E-state index contributed by atoms with van der Waals surface area (Å²) in [7, 11) is 1.78. The van der Waals surface area contributed by atoms with E-state index in [0.717, 1.165) is 5.56 Å². The van der Waals surface area contributed by atoms with Crippen molar-refractivity contribution in [3.05, 3.63) is 23.4 Å². The van der Waals surface area contributed by atoms with E-state index in [4.69, 9.17) is 0 Å². The Labute approximate surface area is 91.6 Å². The lowest BCUT2D eigenvalue weighted by atomic mass is 10.2. The maximum atomic E-state index is 11.9. The first-order chi connectivity index (χ1) is 7.42. The van der Waals surface area contributed by atoms with Gasteiger partial charge in [0.1, 0.15) is 0 Å². The molecule has 0 aliphatic rings. The van der Waals surface area contributed by atoms with E-state index in [-0.39, 0.29) is 5.88 Å². The lowest BCUT2D eigenvalue weighted by molar-refractivity contribution is -0.154. The number of aryl methyl sites for hydroxylation is 1. The summed E-state index contributed by atoms with van der Waals surface area (Å²) in [6.45, 7) is 0.970. The fourth-order valence-electron chi connectivity index (χ4n) is 1.22. The molecule has 0 saturated heterocycles. The lowest BCUT2D eigenvalue weighted by Gasteiger charge is -2.11. The normalized spacial score (nSPS) is 11.6. The predicted molar refractivity (Wildman–Crippen MR) is 53.3 cm³/mol. The molecule has 1 heterocycles. The van der Waals surface area contributed by atoms with Crippen LogP contribution in [0.15, 0.2) is 12.3 Å². The number of halogens is 3. The molecule has 0 bridgehead atoms. The highest BCUT2D eigenvalue weighted by Gasteiger charge is 2.28. The van der Waals surface area contributed by atoms with Gasteiger partial charge in [0.25, 0.3) is 0 Å². The van der Waals surface area contributed by atoms with Gasteiger partial charge in [-0.15, -0.1) is 0 Å². The third kappa shape index (κ3) is 4.06. The summed E-state index contributed by atoms with van der Waals surface area (Å²) in [6.07, 6.45) is -2.84. The third-order valence-corrected chi connectivity index (χ3v) is 1.84. The van der Waals surface area contributed by atoms with Crippen LogP contribution >= 0.6 is 0 Å². The van der Waals surface area contributed by atoms with Gasteiger partial charge >= 0.3 is 6.18 Å². The minimum atomic E-state index is -4.34. The number of aromatic nitrogens is 1. The summed E-state index contributed by atoms with van der Waals surface area (Å²) >= 11 is 0. The van der Waals surface area contributed by atoms with E-state index in [1.54, 1.807) is 20.0 Å². The van der Waals surface area contributed by atoms with Gasteiger partial charge in [0.15, 0.2) is 6.61 Å². The largest absolute Gasteiger partial charge is 0.468 e. The Balaban J connectivity index is 2.68. The first kappa shape index (κ1) is 12.8. The molecule has 90 valence electrons. The molecule has 0 aliphatic carbocycles. The van der Waals surface area contributed by atoms with Crippen LogP contribution in [-0.2, 0) is 6.54 Å². The fraction of sp³-hybridized carbons (Fsp3) is 0.500. The molecule has 0 aromatic carbocycles. The molecule has 0 fully saturated rings. The predicted octanol–water partition coefficient (Wildman–Crippen LogP) is 2.05. The second-order valence-corrected chi connectivity index (χ2v) is 3.40. The molecular formula is C10H13F3N2O. The van der Waals surface area contributed by atoms with E-state index < -0.39 is 12.8 Å². The van der Waals surface area contributed by atoms with Crippen molar-refractivity contribution in [1.82, 2.24) is 10.3 Å². The maximum Gasteiger partial charge on any atom is 0.422 e. The second kappa shape index (κ2) is 5.16. The Bertz CT molecular complexity index is 352. The molecule has 0 radical (unpaired) electrons. The SMILES string of the molecule is CNCc1cnc(OCC(F)(F)F)c(C)c1. The van der Waals surface area contributed by atoms with Crippen LogP contribution in [0.5, 0.6) is 5.88 Å². The van der Waals surface area contributed by atoms with Crippen molar-refractivity contribution in [2.75, 3.05) is 13.7 Å². The van der Waals surface area contributed by atoms with E-state index in [1.807, 2.05) is 0 Å². The number of nitrogens with one attached hydrogen (secondary N) is 1. The van der Waals surface area contributed by atoms with E-state index in [1.165, 1.54) is 6.20 Å². The molecule has 1 aromatic heterocycles. The number of hydrogen-bond donors (Lipinski definition) is 1. The molecule has 16 heavy (non-hydrogen) atoms. The quantitative estimate of drug-likeness (QED) is 0.865.